The van der Waals surface area contributed by atoms with Gasteiger partial charge < -0.3 is 21.7 Å². The largest absolute Gasteiger partial charge is 0.395 e. The van der Waals surface area contributed by atoms with Gasteiger partial charge in [-0.15, -0.1) is 0 Å². The second-order valence-corrected chi connectivity index (χ2v) is 4.22. The van der Waals surface area contributed by atoms with Crippen LogP contribution in [0, 0.1) is 0 Å². The van der Waals surface area contributed by atoms with Crippen LogP contribution in [-0.2, 0) is 9.59 Å². The molecule has 0 saturated heterocycles. The van der Waals surface area contributed by atoms with Crippen molar-refractivity contribution in [3.8, 4) is 0 Å². The summed E-state index contributed by atoms with van der Waals surface area (Å²) < 4.78 is 0. The van der Waals surface area contributed by atoms with E-state index in [2.05, 4.69) is 27.0 Å². The average molecular weight is 360 g/mol. The SMILES string of the molecule is C=CC(=O)N(CCO)C(N)=O.C=CC(=O)N(CCO)C(N)=O.CCC. The summed E-state index contributed by atoms with van der Waals surface area (Å²) in [5.74, 6) is -1.21. The van der Waals surface area contributed by atoms with Crippen molar-refractivity contribution in [1.82, 2.24) is 9.80 Å². The molecule has 0 aromatic heterocycles. The van der Waals surface area contributed by atoms with E-state index in [1.54, 1.807) is 0 Å². The van der Waals surface area contributed by atoms with Gasteiger partial charge in [0, 0.05) is 0 Å². The number of carbonyl (C=O) groups is 4. The van der Waals surface area contributed by atoms with Crippen molar-refractivity contribution in [2.75, 3.05) is 26.3 Å². The molecule has 0 saturated carbocycles. The molecule has 0 spiro atoms. The zero-order chi connectivity index (χ0) is 20.4. The second-order valence-electron chi connectivity index (χ2n) is 4.22. The number of primary amides is 2. The molecule has 6 amide bonds. The van der Waals surface area contributed by atoms with Crippen molar-refractivity contribution < 1.29 is 29.4 Å². The Hall–Kier alpha value is -2.72. The van der Waals surface area contributed by atoms with Crippen LogP contribution < -0.4 is 11.5 Å². The minimum atomic E-state index is -0.885. The Morgan fingerprint density at radius 1 is 0.840 bits per heavy atom. The first kappa shape index (κ1) is 27.1. The molecule has 0 aromatic rings. The van der Waals surface area contributed by atoms with Gasteiger partial charge >= 0.3 is 12.1 Å². The van der Waals surface area contributed by atoms with Gasteiger partial charge in [0.15, 0.2) is 0 Å². The number of imide groups is 2. The molecular weight excluding hydrogens is 332 g/mol. The van der Waals surface area contributed by atoms with E-state index in [4.69, 9.17) is 21.7 Å². The monoisotopic (exact) mass is 360 g/mol. The summed E-state index contributed by atoms with van der Waals surface area (Å²) in [5.41, 5.74) is 9.61. The van der Waals surface area contributed by atoms with E-state index >= 15 is 0 Å². The van der Waals surface area contributed by atoms with Crippen molar-refractivity contribution in [3.05, 3.63) is 25.3 Å². The highest BCUT2D eigenvalue weighted by atomic mass is 16.3. The lowest BCUT2D eigenvalue weighted by atomic mass is 10.5. The van der Waals surface area contributed by atoms with Crippen LogP contribution in [0.5, 0.6) is 0 Å². The number of aliphatic hydroxyl groups excluding tert-OH is 2. The predicted octanol–water partition coefficient (Wildman–Crippen LogP) is -0.440. The number of nitrogens with zero attached hydrogens (tertiary/aromatic N) is 2. The molecule has 6 N–H and O–H groups in total. The van der Waals surface area contributed by atoms with Gasteiger partial charge in [-0.25, -0.2) is 9.59 Å². The molecular formula is C15H28N4O6. The fourth-order valence-corrected chi connectivity index (χ4v) is 1.08. The number of nitrogens with two attached hydrogens (primary N) is 2. The maximum absolute atomic E-state index is 10.7. The Kier molecular flexibility index (Phi) is 19.1. The normalized spacial score (nSPS) is 8.48. The Labute approximate surface area is 147 Å². The molecule has 0 aliphatic carbocycles. The third-order valence-corrected chi connectivity index (χ3v) is 2.06. The van der Waals surface area contributed by atoms with E-state index < -0.39 is 23.9 Å². The number of carbonyl (C=O) groups excluding carboxylic acids is 4. The summed E-state index contributed by atoms with van der Waals surface area (Å²) in [6.45, 7) is 9.78. The predicted molar refractivity (Wildman–Crippen MR) is 93.1 cm³/mol. The quantitative estimate of drug-likeness (QED) is 0.468. The molecule has 144 valence electrons. The van der Waals surface area contributed by atoms with Crippen LogP contribution in [-0.4, -0.2) is 70.2 Å². The Morgan fingerprint density at radius 2 is 1.08 bits per heavy atom. The van der Waals surface area contributed by atoms with Gasteiger partial charge in [-0.2, -0.15) is 0 Å². The molecule has 0 aromatic carbocycles. The highest BCUT2D eigenvalue weighted by Crippen LogP contribution is 1.89. The smallest absolute Gasteiger partial charge is 0.321 e. The molecule has 0 aliphatic rings. The highest BCUT2D eigenvalue weighted by Gasteiger charge is 2.14. The minimum Gasteiger partial charge on any atom is -0.395 e. The molecule has 25 heavy (non-hydrogen) atoms. The zero-order valence-corrected chi connectivity index (χ0v) is 14.7. The number of hydrogen-bond acceptors (Lipinski definition) is 6. The lowest BCUT2D eigenvalue weighted by Gasteiger charge is -2.13. The molecule has 0 bridgehead atoms. The standard InChI is InChI=1S/2C6H10N2O3.C3H8/c2*1-2-5(10)8(3-4-9)6(7)11;1-3-2/h2*2,9H,1,3-4H2,(H2,7,11);3H2,1-2H3. The molecule has 0 heterocycles. The number of urea groups is 2. The van der Waals surface area contributed by atoms with Crippen molar-refractivity contribution in [3.63, 3.8) is 0 Å². The van der Waals surface area contributed by atoms with Crippen LogP contribution in [0.25, 0.3) is 0 Å². The fourth-order valence-electron chi connectivity index (χ4n) is 1.08. The first-order chi connectivity index (χ1) is 11.7. The number of aliphatic hydroxyl groups is 2. The second kappa shape index (κ2) is 17.6. The first-order valence-electron chi connectivity index (χ1n) is 7.36. The lowest BCUT2D eigenvalue weighted by molar-refractivity contribution is -0.124. The molecule has 0 atom stereocenters. The number of amides is 6. The van der Waals surface area contributed by atoms with Crippen molar-refractivity contribution >= 4 is 23.9 Å². The third kappa shape index (κ3) is 14.6. The van der Waals surface area contributed by atoms with E-state index in [1.807, 2.05) is 0 Å². The summed E-state index contributed by atoms with van der Waals surface area (Å²) in [5, 5.41) is 16.8. The topological polar surface area (TPSA) is 167 Å². The molecule has 10 nitrogen and oxygen atoms in total. The maximum atomic E-state index is 10.7. The van der Waals surface area contributed by atoms with Gasteiger partial charge in [0.25, 0.3) is 11.8 Å². The molecule has 0 aliphatic heterocycles. The molecule has 0 fully saturated rings. The first-order valence-corrected chi connectivity index (χ1v) is 7.36. The van der Waals surface area contributed by atoms with Crippen LogP contribution in [0.3, 0.4) is 0 Å². The summed E-state index contributed by atoms with van der Waals surface area (Å²) in [4.78, 5) is 43.8. The van der Waals surface area contributed by atoms with Crippen LogP contribution in [0.4, 0.5) is 9.59 Å². The molecule has 10 heteroatoms. The van der Waals surface area contributed by atoms with Crippen LogP contribution >= 0.6 is 0 Å². The van der Waals surface area contributed by atoms with Crippen molar-refractivity contribution in [1.29, 1.82) is 0 Å². The fraction of sp³-hybridized carbons (Fsp3) is 0.467. The maximum Gasteiger partial charge on any atom is 0.321 e. The summed E-state index contributed by atoms with van der Waals surface area (Å²) in [6, 6.07) is -1.77. The van der Waals surface area contributed by atoms with E-state index in [0.29, 0.717) is 9.80 Å². The van der Waals surface area contributed by atoms with Gasteiger partial charge in [0.2, 0.25) is 0 Å². The Bertz CT molecular complexity index is 413. The van der Waals surface area contributed by atoms with Crippen LogP contribution in [0.15, 0.2) is 25.3 Å². The van der Waals surface area contributed by atoms with Crippen LogP contribution in [0.1, 0.15) is 20.3 Å². The molecule has 0 radical (unpaired) electrons. The Morgan fingerprint density at radius 3 is 1.20 bits per heavy atom. The summed E-state index contributed by atoms with van der Waals surface area (Å²) in [7, 11) is 0. The summed E-state index contributed by atoms with van der Waals surface area (Å²) >= 11 is 0. The summed E-state index contributed by atoms with van der Waals surface area (Å²) in [6.07, 6.45) is 3.17. The van der Waals surface area contributed by atoms with Gasteiger partial charge in [-0.1, -0.05) is 33.4 Å². The van der Waals surface area contributed by atoms with Gasteiger partial charge in [0.1, 0.15) is 0 Å². The van der Waals surface area contributed by atoms with Gasteiger partial charge in [-0.05, 0) is 12.2 Å². The van der Waals surface area contributed by atoms with Crippen molar-refractivity contribution in [2.24, 2.45) is 11.5 Å². The van der Waals surface area contributed by atoms with E-state index in [-0.39, 0.29) is 26.3 Å². The van der Waals surface area contributed by atoms with E-state index in [0.717, 1.165) is 12.2 Å². The van der Waals surface area contributed by atoms with E-state index in [1.165, 1.54) is 6.42 Å². The van der Waals surface area contributed by atoms with E-state index in [9.17, 15) is 19.2 Å². The number of rotatable bonds is 6. The third-order valence-electron chi connectivity index (χ3n) is 2.06. The zero-order valence-electron chi connectivity index (χ0n) is 14.7. The van der Waals surface area contributed by atoms with Gasteiger partial charge in [-0.3, -0.25) is 19.4 Å². The average Bonchev–Trinajstić information content (AvgIpc) is 2.56. The minimum absolute atomic E-state index is 0.0970. The molecule has 0 rings (SSSR count). The molecule has 0 unspecified atom stereocenters. The Balaban J connectivity index is -0.000000334. The van der Waals surface area contributed by atoms with Crippen molar-refractivity contribution in [2.45, 2.75) is 20.3 Å². The highest BCUT2D eigenvalue weighted by molar-refractivity contribution is 6.00. The van der Waals surface area contributed by atoms with Crippen LogP contribution in [0.2, 0.25) is 0 Å². The number of hydrogen-bond donors (Lipinski definition) is 4. The lowest BCUT2D eigenvalue weighted by Crippen LogP contribution is -2.41. The van der Waals surface area contributed by atoms with Gasteiger partial charge in [0.05, 0.1) is 26.3 Å².